The van der Waals surface area contributed by atoms with Gasteiger partial charge >= 0.3 is 0 Å². The topological polar surface area (TPSA) is 53.1 Å². The van der Waals surface area contributed by atoms with Crippen molar-refractivity contribution in [3.63, 3.8) is 0 Å². The lowest BCUT2D eigenvalue weighted by atomic mass is 10.0. The molecule has 0 radical (unpaired) electrons. The van der Waals surface area contributed by atoms with Crippen LogP contribution < -0.4 is 4.90 Å². The summed E-state index contributed by atoms with van der Waals surface area (Å²) >= 11 is 0. The number of benzene rings is 2. The third-order valence-electron chi connectivity index (χ3n) is 5.64. The number of hydrogen-bond acceptors (Lipinski definition) is 5. The second kappa shape index (κ2) is 9.24. The second-order valence-corrected chi connectivity index (χ2v) is 7.55. The molecule has 2 heterocycles. The van der Waals surface area contributed by atoms with Gasteiger partial charge in [0.25, 0.3) is 11.8 Å². The third kappa shape index (κ3) is 4.15. The summed E-state index contributed by atoms with van der Waals surface area (Å²) < 4.78 is 5.39. The minimum atomic E-state index is -0.229. The van der Waals surface area contributed by atoms with Crippen molar-refractivity contribution < 1.29 is 14.3 Å². The van der Waals surface area contributed by atoms with Gasteiger partial charge in [-0.3, -0.25) is 19.4 Å². The molecule has 1 fully saturated rings. The Morgan fingerprint density at radius 2 is 1.50 bits per heavy atom. The molecule has 2 aromatic rings. The van der Waals surface area contributed by atoms with Gasteiger partial charge in [0.1, 0.15) is 5.70 Å². The molecule has 1 saturated heterocycles. The molecule has 0 aromatic heterocycles. The van der Waals surface area contributed by atoms with Crippen molar-refractivity contribution in [1.29, 1.82) is 0 Å². The summed E-state index contributed by atoms with van der Waals surface area (Å²) in [6, 6.07) is 19.1. The molecule has 6 heteroatoms. The van der Waals surface area contributed by atoms with E-state index in [1.807, 2.05) is 72.6 Å². The maximum atomic E-state index is 13.4. The summed E-state index contributed by atoms with van der Waals surface area (Å²) in [5.74, 6) is -0.446. The van der Waals surface area contributed by atoms with E-state index in [0.29, 0.717) is 17.8 Å². The highest BCUT2D eigenvalue weighted by molar-refractivity contribution is 6.36. The second-order valence-electron chi connectivity index (χ2n) is 7.55. The van der Waals surface area contributed by atoms with E-state index in [-0.39, 0.29) is 11.8 Å². The number of morpholine rings is 1. The molecule has 4 rings (SSSR count). The number of likely N-dealkylation sites (N-methyl/N-ethyl adjacent to an activating group) is 1. The SMILES string of the molecule is CN(C1=C(c2ccccc2)C(=O)N(CCCN2CCOCC2)C1=O)c1ccccc1. The van der Waals surface area contributed by atoms with Crippen LogP contribution in [-0.2, 0) is 14.3 Å². The monoisotopic (exact) mass is 405 g/mol. The molecule has 156 valence electrons. The smallest absolute Gasteiger partial charge is 0.278 e. The third-order valence-corrected chi connectivity index (χ3v) is 5.64. The summed E-state index contributed by atoms with van der Waals surface area (Å²) in [6.45, 7) is 4.55. The molecule has 2 aliphatic heterocycles. The normalized spacial score (nSPS) is 17.7. The molecular formula is C24H27N3O3. The van der Waals surface area contributed by atoms with E-state index in [4.69, 9.17) is 4.74 Å². The van der Waals surface area contributed by atoms with Crippen LogP contribution >= 0.6 is 0 Å². The molecular weight excluding hydrogens is 378 g/mol. The molecule has 0 N–H and O–H groups in total. The zero-order chi connectivity index (χ0) is 20.9. The van der Waals surface area contributed by atoms with Crippen LogP contribution in [0.5, 0.6) is 0 Å². The number of carbonyl (C=O) groups is 2. The maximum Gasteiger partial charge on any atom is 0.278 e. The highest BCUT2D eigenvalue weighted by atomic mass is 16.5. The van der Waals surface area contributed by atoms with Crippen LogP contribution in [0.1, 0.15) is 12.0 Å². The standard InChI is InChI=1S/C24H27N3O3/c1-25(20-11-6-3-7-12-20)22-21(19-9-4-2-5-10-19)23(28)27(24(22)29)14-8-13-26-15-17-30-18-16-26/h2-7,9-12H,8,13-18H2,1H3. The van der Waals surface area contributed by atoms with E-state index in [1.54, 1.807) is 0 Å². The van der Waals surface area contributed by atoms with E-state index in [0.717, 1.165) is 50.5 Å². The lowest BCUT2D eigenvalue weighted by Crippen LogP contribution is -2.40. The number of rotatable bonds is 7. The Kier molecular flexibility index (Phi) is 6.26. The Morgan fingerprint density at radius 1 is 0.867 bits per heavy atom. The van der Waals surface area contributed by atoms with Gasteiger partial charge in [0, 0.05) is 38.9 Å². The molecule has 2 amide bonds. The molecule has 0 unspecified atom stereocenters. The zero-order valence-electron chi connectivity index (χ0n) is 17.3. The number of anilines is 1. The summed E-state index contributed by atoms with van der Waals surface area (Å²) in [4.78, 5) is 32.2. The lowest BCUT2D eigenvalue weighted by molar-refractivity contribution is -0.137. The number of para-hydroxylation sites is 1. The van der Waals surface area contributed by atoms with Crippen molar-refractivity contribution in [3.05, 3.63) is 71.9 Å². The first kappa shape index (κ1) is 20.3. The first-order chi connectivity index (χ1) is 14.7. The molecule has 0 bridgehead atoms. The highest BCUT2D eigenvalue weighted by Gasteiger charge is 2.40. The van der Waals surface area contributed by atoms with Crippen LogP contribution in [0.3, 0.4) is 0 Å². The number of imide groups is 1. The fraction of sp³-hybridized carbons (Fsp3) is 0.333. The van der Waals surface area contributed by atoms with Crippen molar-refractivity contribution in [3.8, 4) is 0 Å². The summed E-state index contributed by atoms with van der Waals surface area (Å²) in [5.41, 5.74) is 2.55. The Hall–Kier alpha value is -2.96. The average molecular weight is 405 g/mol. The highest BCUT2D eigenvalue weighted by Crippen LogP contribution is 2.33. The minimum Gasteiger partial charge on any atom is -0.379 e. The van der Waals surface area contributed by atoms with Crippen molar-refractivity contribution in [1.82, 2.24) is 9.80 Å². The first-order valence-corrected chi connectivity index (χ1v) is 10.4. The molecule has 2 aliphatic rings. The van der Waals surface area contributed by atoms with E-state index in [9.17, 15) is 9.59 Å². The molecule has 0 aliphatic carbocycles. The van der Waals surface area contributed by atoms with Crippen LogP contribution in [-0.4, -0.2) is 68.1 Å². The molecule has 2 aromatic carbocycles. The fourth-order valence-corrected chi connectivity index (χ4v) is 4.00. The van der Waals surface area contributed by atoms with Gasteiger partial charge in [0.05, 0.1) is 18.8 Å². The maximum absolute atomic E-state index is 13.4. The van der Waals surface area contributed by atoms with Crippen molar-refractivity contribution in [2.75, 3.05) is 51.3 Å². The first-order valence-electron chi connectivity index (χ1n) is 10.4. The Balaban J connectivity index is 1.58. The molecule has 30 heavy (non-hydrogen) atoms. The van der Waals surface area contributed by atoms with Crippen molar-refractivity contribution >= 4 is 23.1 Å². The minimum absolute atomic E-state index is 0.217. The van der Waals surface area contributed by atoms with Gasteiger partial charge < -0.3 is 9.64 Å². The van der Waals surface area contributed by atoms with Gasteiger partial charge in [0.15, 0.2) is 0 Å². The van der Waals surface area contributed by atoms with E-state index in [1.165, 1.54) is 4.90 Å². The number of amides is 2. The van der Waals surface area contributed by atoms with E-state index >= 15 is 0 Å². The van der Waals surface area contributed by atoms with Crippen LogP contribution in [0.25, 0.3) is 5.57 Å². The predicted molar refractivity (Wildman–Crippen MR) is 117 cm³/mol. The number of ether oxygens (including phenoxy) is 1. The summed E-state index contributed by atoms with van der Waals surface area (Å²) in [7, 11) is 1.84. The van der Waals surface area contributed by atoms with Gasteiger partial charge in [0.2, 0.25) is 0 Å². The zero-order valence-corrected chi connectivity index (χ0v) is 17.3. The molecule has 0 atom stereocenters. The van der Waals surface area contributed by atoms with Gasteiger partial charge in [-0.15, -0.1) is 0 Å². The predicted octanol–water partition coefficient (Wildman–Crippen LogP) is 2.63. The Bertz CT molecular complexity index is 921. The van der Waals surface area contributed by atoms with Gasteiger partial charge in [-0.2, -0.15) is 0 Å². The Labute approximate surface area is 177 Å². The summed E-state index contributed by atoms with van der Waals surface area (Å²) in [6.07, 6.45) is 0.752. The van der Waals surface area contributed by atoms with Crippen molar-refractivity contribution in [2.24, 2.45) is 0 Å². The Morgan fingerprint density at radius 3 is 2.17 bits per heavy atom. The van der Waals surface area contributed by atoms with E-state index in [2.05, 4.69) is 4.90 Å². The van der Waals surface area contributed by atoms with Gasteiger partial charge in [-0.1, -0.05) is 48.5 Å². The molecule has 0 saturated carbocycles. The van der Waals surface area contributed by atoms with Crippen LogP contribution in [0.2, 0.25) is 0 Å². The van der Waals surface area contributed by atoms with Crippen LogP contribution in [0.15, 0.2) is 66.4 Å². The van der Waals surface area contributed by atoms with Gasteiger partial charge in [-0.05, 0) is 24.1 Å². The number of hydrogen-bond donors (Lipinski definition) is 0. The quantitative estimate of drug-likeness (QED) is 0.663. The number of carbonyl (C=O) groups excluding carboxylic acids is 2. The summed E-state index contributed by atoms with van der Waals surface area (Å²) in [5, 5.41) is 0. The van der Waals surface area contributed by atoms with Crippen molar-refractivity contribution in [2.45, 2.75) is 6.42 Å². The van der Waals surface area contributed by atoms with Crippen LogP contribution in [0.4, 0.5) is 5.69 Å². The van der Waals surface area contributed by atoms with E-state index < -0.39 is 0 Å². The largest absolute Gasteiger partial charge is 0.379 e. The fourth-order valence-electron chi connectivity index (χ4n) is 4.00. The average Bonchev–Trinajstić information content (AvgIpc) is 3.05. The molecule has 6 nitrogen and oxygen atoms in total. The van der Waals surface area contributed by atoms with Gasteiger partial charge in [-0.25, -0.2) is 0 Å². The number of nitrogens with zero attached hydrogens (tertiary/aromatic N) is 3. The van der Waals surface area contributed by atoms with Crippen LogP contribution in [0, 0.1) is 0 Å². The lowest BCUT2D eigenvalue weighted by Gasteiger charge is -2.27. The molecule has 0 spiro atoms.